The molecule has 30 heavy (non-hydrogen) atoms. The number of urea groups is 1. The van der Waals surface area contributed by atoms with Crippen LogP contribution in [0, 0.1) is 0 Å². The van der Waals surface area contributed by atoms with Crippen molar-refractivity contribution in [2.75, 3.05) is 19.0 Å². The Balaban J connectivity index is 1.75. The van der Waals surface area contributed by atoms with Crippen molar-refractivity contribution in [2.45, 2.75) is 45.1 Å². The summed E-state index contributed by atoms with van der Waals surface area (Å²) in [5.74, 6) is -0.241. The molecule has 2 aromatic rings. The molecule has 0 aromatic heterocycles. The number of nitrogens with one attached hydrogen (secondary N) is 1. The number of benzene rings is 2. The van der Waals surface area contributed by atoms with Crippen LogP contribution in [-0.4, -0.2) is 43.3 Å². The molecule has 6 nitrogen and oxygen atoms in total. The molecule has 1 saturated heterocycles. The Kier molecular flexibility index (Phi) is 7.15. The molecular weight excluding hydrogens is 398 g/mol. The van der Waals surface area contributed by atoms with Gasteiger partial charge in [-0.25, -0.2) is 18.6 Å². The number of amides is 2. The van der Waals surface area contributed by atoms with Gasteiger partial charge in [0.2, 0.25) is 0 Å². The molecule has 0 unspecified atom stereocenters. The fourth-order valence-corrected chi connectivity index (χ4v) is 4.04. The average Bonchev–Trinajstić information content (AvgIpc) is 3.02. The summed E-state index contributed by atoms with van der Waals surface area (Å²) in [5.41, 5.74) is 6.36. The Hall–Kier alpha value is -2.38. The first-order valence-electron chi connectivity index (χ1n) is 10.3. The molecule has 2 aromatic carbocycles. The van der Waals surface area contributed by atoms with E-state index in [2.05, 4.69) is 62.6 Å². The standard InChI is InChI=1S/C23H31N3O3S/c1-23(2,3)20-13-11-19(12-14-20)21-16-26(24-17-30(28)29)22(27)25(21)15-7-10-18-8-5-4-6-9-18/h4-6,8-9,11-14,21,24,30H,7,10,15-17H2,1-3H3/t21-/m1/s1. The first kappa shape index (κ1) is 22.3. The maximum atomic E-state index is 13.0. The molecule has 0 bridgehead atoms. The number of aryl methyl sites for hydroxylation is 1. The molecule has 162 valence electrons. The lowest BCUT2D eigenvalue weighted by Gasteiger charge is -2.25. The van der Waals surface area contributed by atoms with Crippen LogP contribution in [0.1, 0.15) is 49.9 Å². The van der Waals surface area contributed by atoms with E-state index in [4.69, 9.17) is 0 Å². The highest BCUT2D eigenvalue weighted by Gasteiger charge is 2.38. The highest BCUT2D eigenvalue weighted by molar-refractivity contribution is 7.72. The van der Waals surface area contributed by atoms with E-state index in [1.165, 1.54) is 16.1 Å². The summed E-state index contributed by atoms with van der Waals surface area (Å²) < 4.78 is 22.0. The number of carbonyl (C=O) groups is 1. The first-order chi connectivity index (χ1) is 14.3. The van der Waals surface area contributed by atoms with E-state index in [1.54, 1.807) is 0 Å². The highest BCUT2D eigenvalue weighted by Crippen LogP contribution is 2.31. The van der Waals surface area contributed by atoms with Gasteiger partial charge in [-0.3, -0.25) is 5.01 Å². The largest absolute Gasteiger partial charge is 0.335 e. The van der Waals surface area contributed by atoms with Crippen LogP contribution in [0.3, 0.4) is 0 Å². The van der Waals surface area contributed by atoms with Gasteiger partial charge in [0, 0.05) is 6.54 Å². The molecule has 1 aliphatic heterocycles. The molecule has 0 aliphatic carbocycles. The number of hydrogen-bond acceptors (Lipinski definition) is 4. The van der Waals surface area contributed by atoms with E-state index < -0.39 is 10.7 Å². The Morgan fingerprint density at radius 3 is 2.30 bits per heavy atom. The smallest absolute Gasteiger partial charge is 0.315 e. The lowest BCUT2D eigenvalue weighted by molar-refractivity contribution is 0.175. The van der Waals surface area contributed by atoms with Crippen molar-refractivity contribution in [3.63, 3.8) is 0 Å². The van der Waals surface area contributed by atoms with Gasteiger partial charge >= 0.3 is 6.03 Å². The monoisotopic (exact) mass is 429 g/mol. The number of nitrogens with zero attached hydrogens (tertiary/aromatic N) is 2. The fourth-order valence-electron chi connectivity index (χ4n) is 3.75. The summed E-state index contributed by atoms with van der Waals surface area (Å²) in [6.45, 7) is 7.55. The van der Waals surface area contributed by atoms with Crippen LogP contribution >= 0.6 is 0 Å². The van der Waals surface area contributed by atoms with Crippen LogP contribution < -0.4 is 5.43 Å². The minimum absolute atomic E-state index is 0.0619. The Labute approximate surface area is 180 Å². The summed E-state index contributed by atoms with van der Waals surface area (Å²) >= 11 is 0. The summed E-state index contributed by atoms with van der Waals surface area (Å²) in [4.78, 5) is 14.8. The molecule has 1 aliphatic rings. The van der Waals surface area contributed by atoms with Gasteiger partial charge in [-0.15, -0.1) is 0 Å². The van der Waals surface area contributed by atoms with E-state index in [1.807, 2.05) is 23.1 Å². The van der Waals surface area contributed by atoms with Crippen molar-refractivity contribution in [3.05, 3.63) is 71.3 Å². The molecule has 2 amide bonds. The van der Waals surface area contributed by atoms with Gasteiger partial charge in [0.25, 0.3) is 0 Å². The first-order valence-corrected chi connectivity index (χ1v) is 11.7. The molecule has 1 atom stereocenters. The molecule has 1 fully saturated rings. The quantitative estimate of drug-likeness (QED) is 0.631. The zero-order valence-corrected chi connectivity index (χ0v) is 18.8. The zero-order chi connectivity index (χ0) is 21.7. The number of thiol groups is 1. The van der Waals surface area contributed by atoms with Crippen molar-refractivity contribution in [1.29, 1.82) is 0 Å². The molecule has 0 saturated carbocycles. The van der Waals surface area contributed by atoms with Gasteiger partial charge in [-0.2, -0.15) is 0 Å². The zero-order valence-electron chi connectivity index (χ0n) is 17.9. The number of rotatable bonds is 8. The molecule has 0 spiro atoms. The molecule has 1 N–H and O–H groups in total. The van der Waals surface area contributed by atoms with Crippen LogP contribution in [0.15, 0.2) is 54.6 Å². The van der Waals surface area contributed by atoms with Crippen molar-refractivity contribution in [3.8, 4) is 0 Å². The SMILES string of the molecule is CC(C)(C)c1ccc([C@H]2CN(NC[SH](=O)=O)C(=O)N2CCCc2ccccc2)cc1. The molecule has 7 heteroatoms. The predicted molar refractivity (Wildman–Crippen MR) is 120 cm³/mol. The van der Waals surface area contributed by atoms with E-state index >= 15 is 0 Å². The summed E-state index contributed by atoms with van der Waals surface area (Å²) in [6, 6.07) is 18.3. The van der Waals surface area contributed by atoms with Gasteiger partial charge < -0.3 is 4.90 Å². The van der Waals surface area contributed by atoms with Crippen LogP contribution in [-0.2, 0) is 22.5 Å². The van der Waals surface area contributed by atoms with E-state index in [0.717, 1.165) is 18.4 Å². The minimum atomic E-state index is -2.60. The maximum absolute atomic E-state index is 13.0. The van der Waals surface area contributed by atoms with Gasteiger partial charge in [0.05, 0.1) is 12.6 Å². The summed E-state index contributed by atoms with van der Waals surface area (Å²) in [7, 11) is -2.60. The highest BCUT2D eigenvalue weighted by atomic mass is 32.2. The number of carbonyl (C=O) groups excluding carboxylic acids is 1. The minimum Gasteiger partial charge on any atom is -0.315 e. The number of hydrazine groups is 1. The van der Waals surface area contributed by atoms with E-state index in [9.17, 15) is 13.2 Å². The van der Waals surface area contributed by atoms with Gasteiger partial charge in [-0.1, -0.05) is 75.4 Å². The number of hydrogen-bond donors (Lipinski definition) is 2. The average molecular weight is 430 g/mol. The Bertz CT molecular complexity index is 913. The summed E-state index contributed by atoms with van der Waals surface area (Å²) in [5, 5.41) is 1.43. The van der Waals surface area contributed by atoms with Crippen LogP contribution in [0.5, 0.6) is 0 Å². The predicted octanol–water partition coefficient (Wildman–Crippen LogP) is 3.47. The molecule has 1 heterocycles. The van der Waals surface area contributed by atoms with Gasteiger partial charge in [0.15, 0.2) is 10.7 Å². The maximum Gasteiger partial charge on any atom is 0.335 e. The van der Waals surface area contributed by atoms with Crippen molar-refractivity contribution in [2.24, 2.45) is 0 Å². The Morgan fingerprint density at radius 2 is 1.70 bits per heavy atom. The van der Waals surface area contributed by atoms with Crippen LogP contribution in [0.2, 0.25) is 0 Å². The van der Waals surface area contributed by atoms with Gasteiger partial charge in [-0.05, 0) is 34.9 Å². The second-order valence-corrected chi connectivity index (χ2v) is 9.69. The van der Waals surface area contributed by atoms with E-state index in [0.29, 0.717) is 13.1 Å². The third kappa shape index (κ3) is 5.61. The molecule has 3 rings (SSSR count). The third-order valence-corrected chi connectivity index (χ3v) is 5.87. The molecule has 0 radical (unpaired) electrons. The van der Waals surface area contributed by atoms with E-state index in [-0.39, 0.29) is 23.4 Å². The van der Waals surface area contributed by atoms with Crippen LogP contribution in [0.4, 0.5) is 4.79 Å². The van der Waals surface area contributed by atoms with Crippen molar-refractivity contribution < 1.29 is 13.2 Å². The summed E-state index contributed by atoms with van der Waals surface area (Å²) in [6.07, 6.45) is 1.73. The van der Waals surface area contributed by atoms with Crippen molar-refractivity contribution in [1.82, 2.24) is 15.3 Å². The normalized spacial score (nSPS) is 17.2. The Morgan fingerprint density at radius 1 is 1.03 bits per heavy atom. The van der Waals surface area contributed by atoms with Gasteiger partial charge in [0.1, 0.15) is 5.88 Å². The second-order valence-electron chi connectivity index (χ2n) is 8.71. The third-order valence-electron chi connectivity index (χ3n) is 5.47. The molecular formula is C23H31N3O3S. The van der Waals surface area contributed by atoms with Crippen molar-refractivity contribution >= 4 is 16.7 Å². The topological polar surface area (TPSA) is 69.7 Å². The lowest BCUT2D eigenvalue weighted by atomic mass is 9.86. The van der Waals surface area contributed by atoms with Crippen LogP contribution in [0.25, 0.3) is 0 Å². The lowest BCUT2D eigenvalue weighted by Crippen LogP contribution is -2.42. The second kappa shape index (κ2) is 9.62. The fraction of sp³-hybridized carbons (Fsp3) is 0.435.